The summed E-state index contributed by atoms with van der Waals surface area (Å²) >= 11 is 0. The third kappa shape index (κ3) is 4.09. The second kappa shape index (κ2) is 7.24. The van der Waals surface area contributed by atoms with Gasteiger partial charge in [0.15, 0.2) is 18.1 Å². The standard InChI is InChI=1S/C20H30N2O3/c1-5-22-11-9-16(10-12-22)21(4)18(23)14-24-17-8-6-7-15-13-20(2,3)25-19(15)17/h6-8,16H,5,9-14H2,1-4H3. The fourth-order valence-corrected chi connectivity index (χ4v) is 3.77. The molecular formula is C20H30N2O3. The van der Waals surface area contributed by atoms with Gasteiger partial charge in [-0.25, -0.2) is 0 Å². The van der Waals surface area contributed by atoms with E-state index in [0.29, 0.717) is 11.8 Å². The van der Waals surface area contributed by atoms with Crippen molar-refractivity contribution in [3.8, 4) is 11.5 Å². The zero-order chi connectivity index (χ0) is 18.0. The van der Waals surface area contributed by atoms with E-state index in [0.717, 1.165) is 50.2 Å². The molecule has 0 spiro atoms. The summed E-state index contributed by atoms with van der Waals surface area (Å²) in [6.07, 6.45) is 2.94. The van der Waals surface area contributed by atoms with Gasteiger partial charge < -0.3 is 19.3 Å². The zero-order valence-electron chi connectivity index (χ0n) is 15.9. The molecule has 138 valence electrons. The highest BCUT2D eigenvalue weighted by Gasteiger charge is 2.32. The maximum atomic E-state index is 12.5. The van der Waals surface area contributed by atoms with Gasteiger partial charge in [-0.15, -0.1) is 0 Å². The van der Waals surface area contributed by atoms with Gasteiger partial charge in [0.2, 0.25) is 0 Å². The molecule has 0 N–H and O–H groups in total. The average Bonchev–Trinajstić information content (AvgIpc) is 2.93. The number of carbonyl (C=O) groups is 1. The SMILES string of the molecule is CCN1CCC(N(C)C(=O)COc2cccc3c2OC(C)(C)C3)CC1. The first kappa shape index (κ1) is 18.1. The quantitative estimate of drug-likeness (QED) is 0.822. The first-order valence-electron chi connectivity index (χ1n) is 9.31. The van der Waals surface area contributed by atoms with Crippen LogP contribution in [0.5, 0.6) is 11.5 Å². The molecule has 2 aliphatic heterocycles. The first-order chi connectivity index (χ1) is 11.9. The van der Waals surface area contributed by atoms with E-state index >= 15 is 0 Å². The number of rotatable bonds is 5. The minimum absolute atomic E-state index is 0.0322. The van der Waals surface area contributed by atoms with Crippen LogP contribution in [0.2, 0.25) is 0 Å². The Morgan fingerprint density at radius 1 is 1.36 bits per heavy atom. The van der Waals surface area contributed by atoms with Crippen molar-refractivity contribution in [2.75, 3.05) is 33.3 Å². The Morgan fingerprint density at radius 3 is 2.76 bits per heavy atom. The molecule has 0 bridgehead atoms. The van der Waals surface area contributed by atoms with Gasteiger partial charge in [0.05, 0.1) is 0 Å². The second-order valence-corrected chi connectivity index (χ2v) is 7.74. The van der Waals surface area contributed by atoms with Crippen LogP contribution in [0, 0.1) is 0 Å². The minimum Gasteiger partial charge on any atom is -0.483 e. The fourth-order valence-electron chi connectivity index (χ4n) is 3.77. The van der Waals surface area contributed by atoms with Crippen molar-refractivity contribution in [2.45, 2.75) is 51.7 Å². The van der Waals surface area contributed by atoms with Crippen LogP contribution in [-0.2, 0) is 11.2 Å². The van der Waals surface area contributed by atoms with Crippen LogP contribution in [0.15, 0.2) is 18.2 Å². The second-order valence-electron chi connectivity index (χ2n) is 7.74. The number of ether oxygens (including phenoxy) is 2. The van der Waals surface area contributed by atoms with E-state index in [-0.39, 0.29) is 18.1 Å². The van der Waals surface area contributed by atoms with Crippen molar-refractivity contribution in [1.29, 1.82) is 0 Å². The van der Waals surface area contributed by atoms with Crippen LogP contribution >= 0.6 is 0 Å². The Labute approximate surface area is 150 Å². The number of amides is 1. The molecule has 1 saturated heterocycles. The number of nitrogens with zero attached hydrogens (tertiary/aromatic N) is 2. The molecule has 0 aliphatic carbocycles. The van der Waals surface area contributed by atoms with Gasteiger partial charge in [0, 0.05) is 38.2 Å². The van der Waals surface area contributed by atoms with Gasteiger partial charge in [0.25, 0.3) is 5.91 Å². The maximum Gasteiger partial charge on any atom is 0.260 e. The van der Waals surface area contributed by atoms with Gasteiger partial charge in [-0.1, -0.05) is 19.1 Å². The van der Waals surface area contributed by atoms with Gasteiger partial charge in [-0.2, -0.15) is 0 Å². The molecule has 1 aromatic carbocycles. The number of hydrogen-bond acceptors (Lipinski definition) is 4. The molecule has 0 aromatic heterocycles. The minimum atomic E-state index is -0.212. The topological polar surface area (TPSA) is 42.0 Å². The molecule has 5 heteroatoms. The van der Waals surface area contributed by atoms with Gasteiger partial charge in [0.1, 0.15) is 5.60 Å². The molecule has 0 atom stereocenters. The molecule has 2 heterocycles. The first-order valence-corrected chi connectivity index (χ1v) is 9.31. The molecule has 0 saturated carbocycles. The predicted molar refractivity (Wildman–Crippen MR) is 98.3 cm³/mol. The Hall–Kier alpha value is -1.75. The lowest BCUT2D eigenvalue weighted by Crippen LogP contribution is -2.46. The Bertz CT molecular complexity index is 621. The maximum absolute atomic E-state index is 12.5. The van der Waals surface area contributed by atoms with Crippen LogP contribution in [0.25, 0.3) is 0 Å². The van der Waals surface area contributed by atoms with Crippen LogP contribution in [0.1, 0.15) is 39.2 Å². The summed E-state index contributed by atoms with van der Waals surface area (Å²) in [5, 5.41) is 0. The van der Waals surface area contributed by atoms with E-state index in [1.165, 1.54) is 0 Å². The highest BCUT2D eigenvalue weighted by molar-refractivity contribution is 5.78. The molecule has 1 fully saturated rings. The van der Waals surface area contributed by atoms with E-state index in [9.17, 15) is 4.79 Å². The van der Waals surface area contributed by atoms with Crippen molar-refractivity contribution in [3.63, 3.8) is 0 Å². The van der Waals surface area contributed by atoms with Crippen molar-refractivity contribution >= 4 is 5.91 Å². The summed E-state index contributed by atoms with van der Waals surface area (Å²) in [5.41, 5.74) is 0.936. The monoisotopic (exact) mass is 346 g/mol. The number of piperidine rings is 1. The van der Waals surface area contributed by atoms with Gasteiger partial charge in [-0.05, 0) is 39.3 Å². The largest absolute Gasteiger partial charge is 0.483 e. The summed E-state index contributed by atoms with van der Waals surface area (Å²) < 4.78 is 11.8. The van der Waals surface area contributed by atoms with Gasteiger partial charge >= 0.3 is 0 Å². The Balaban J connectivity index is 1.56. The van der Waals surface area contributed by atoms with Crippen LogP contribution in [-0.4, -0.2) is 60.6 Å². The molecule has 0 radical (unpaired) electrons. The third-order valence-electron chi connectivity index (χ3n) is 5.35. The van der Waals surface area contributed by atoms with Crippen LogP contribution < -0.4 is 9.47 Å². The third-order valence-corrected chi connectivity index (χ3v) is 5.35. The number of likely N-dealkylation sites (tertiary alicyclic amines) is 1. The summed E-state index contributed by atoms with van der Waals surface area (Å²) in [6.45, 7) is 9.60. The lowest BCUT2D eigenvalue weighted by molar-refractivity contribution is -0.135. The van der Waals surface area contributed by atoms with E-state index in [4.69, 9.17) is 9.47 Å². The molecular weight excluding hydrogens is 316 g/mol. The molecule has 25 heavy (non-hydrogen) atoms. The number of para-hydroxylation sites is 1. The average molecular weight is 346 g/mol. The van der Waals surface area contributed by atoms with E-state index in [1.54, 1.807) is 0 Å². The number of benzene rings is 1. The number of hydrogen-bond donors (Lipinski definition) is 0. The normalized spacial score (nSPS) is 20.0. The van der Waals surface area contributed by atoms with E-state index in [2.05, 4.69) is 31.7 Å². The van der Waals surface area contributed by atoms with Crippen molar-refractivity contribution in [2.24, 2.45) is 0 Å². The molecule has 5 nitrogen and oxygen atoms in total. The smallest absolute Gasteiger partial charge is 0.260 e. The van der Waals surface area contributed by atoms with Crippen LogP contribution in [0.3, 0.4) is 0 Å². The number of likely N-dealkylation sites (N-methyl/N-ethyl adjacent to an activating group) is 1. The van der Waals surface area contributed by atoms with E-state index in [1.807, 2.05) is 24.1 Å². The summed E-state index contributed by atoms with van der Waals surface area (Å²) in [6, 6.07) is 6.23. The van der Waals surface area contributed by atoms with E-state index < -0.39 is 0 Å². The van der Waals surface area contributed by atoms with Crippen molar-refractivity contribution < 1.29 is 14.3 Å². The van der Waals surface area contributed by atoms with Crippen molar-refractivity contribution in [3.05, 3.63) is 23.8 Å². The summed E-state index contributed by atoms with van der Waals surface area (Å²) in [7, 11) is 1.90. The molecule has 2 aliphatic rings. The predicted octanol–water partition coefficient (Wildman–Crippen LogP) is 2.72. The Kier molecular flexibility index (Phi) is 5.23. The molecule has 1 amide bonds. The summed E-state index contributed by atoms with van der Waals surface area (Å²) in [4.78, 5) is 16.8. The highest BCUT2D eigenvalue weighted by atomic mass is 16.5. The lowest BCUT2D eigenvalue weighted by atomic mass is 10.0. The zero-order valence-corrected chi connectivity index (χ0v) is 15.9. The summed E-state index contributed by atoms with van der Waals surface area (Å²) in [5.74, 6) is 1.50. The number of fused-ring (bicyclic) bond motifs is 1. The molecule has 3 rings (SSSR count). The highest BCUT2D eigenvalue weighted by Crippen LogP contribution is 2.41. The Morgan fingerprint density at radius 2 is 2.08 bits per heavy atom. The van der Waals surface area contributed by atoms with Gasteiger partial charge in [-0.3, -0.25) is 4.79 Å². The molecule has 0 unspecified atom stereocenters. The number of carbonyl (C=O) groups excluding carboxylic acids is 1. The molecule has 1 aromatic rings. The lowest BCUT2D eigenvalue weighted by Gasteiger charge is -2.36. The fraction of sp³-hybridized carbons (Fsp3) is 0.650. The van der Waals surface area contributed by atoms with Crippen molar-refractivity contribution in [1.82, 2.24) is 9.80 Å². The van der Waals surface area contributed by atoms with Crippen LogP contribution in [0.4, 0.5) is 0 Å².